The predicted molar refractivity (Wildman–Crippen MR) is 96.0 cm³/mol. The molecule has 0 aliphatic rings. The molecule has 0 spiro atoms. The van der Waals surface area contributed by atoms with E-state index in [1.165, 1.54) is 5.06 Å². The molecule has 0 radical (unpaired) electrons. The largest absolute Gasteiger partial charge is 0.497 e. The van der Waals surface area contributed by atoms with Crippen LogP contribution in [0.5, 0.6) is 5.75 Å². The Balaban J connectivity index is 2.08. The van der Waals surface area contributed by atoms with Crippen LogP contribution in [-0.4, -0.2) is 23.9 Å². The number of carbonyl (C=O) groups excluding carboxylic acids is 1. The summed E-state index contributed by atoms with van der Waals surface area (Å²) in [5.41, 5.74) is 1.30. The smallest absolute Gasteiger partial charge is 0.434 e. The van der Waals surface area contributed by atoms with Crippen LogP contribution in [0.4, 0.5) is 4.79 Å². The first-order valence-electron chi connectivity index (χ1n) is 8.17. The zero-order valence-corrected chi connectivity index (χ0v) is 15.2. The van der Waals surface area contributed by atoms with Gasteiger partial charge in [-0.1, -0.05) is 42.5 Å². The lowest BCUT2D eigenvalue weighted by Gasteiger charge is -2.26. The van der Waals surface area contributed by atoms with Crippen LogP contribution in [0.15, 0.2) is 54.6 Å². The Morgan fingerprint density at radius 3 is 2.16 bits per heavy atom. The molecule has 0 N–H and O–H groups in total. The van der Waals surface area contributed by atoms with Crippen LogP contribution < -0.4 is 4.74 Å². The van der Waals surface area contributed by atoms with Crippen molar-refractivity contribution < 1.29 is 19.1 Å². The van der Waals surface area contributed by atoms with Crippen LogP contribution in [0.2, 0.25) is 0 Å². The fraction of sp³-hybridized carbons (Fsp3) is 0.350. The van der Waals surface area contributed by atoms with Crippen LogP contribution in [0.1, 0.15) is 31.9 Å². The predicted octanol–water partition coefficient (Wildman–Crippen LogP) is 4.56. The van der Waals surface area contributed by atoms with E-state index in [-0.39, 0.29) is 13.2 Å². The maximum absolute atomic E-state index is 12.5. The second-order valence-corrected chi connectivity index (χ2v) is 6.62. The van der Waals surface area contributed by atoms with Gasteiger partial charge in [-0.3, -0.25) is 4.84 Å². The van der Waals surface area contributed by atoms with E-state index >= 15 is 0 Å². The van der Waals surface area contributed by atoms with E-state index in [0.29, 0.717) is 0 Å². The maximum Gasteiger partial charge on any atom is 0.434 e. The number of nitrogens with zero attached hydrogens (tertiary/aromatic N) is 1. The van der Waals surface area contributed by atoms with Crippen molar-refractivity contribution in [3.05, 3.63) is 65.7 Å². The Morgan fingerprint density at radius 2 is 1.60 bits per heavy atom. The Labute approximate surface area is 149 Å². The third-order valence-electron chi connectivity index (χ3n) is 3.31. The normalized spacial score (nSPS) is 11.0. The summed E-state index contributed by atoms with van der Waals surface area (Å²) in [6.45, 7) is 6.05. The van der Waals surface area contributed by atoms with E-state index in [1.54, 1.807) is 7.11 Å². The van der Waals surface area contributed by atoms with Crippen molar-refractivity contribution >= 4 is 6.09 Å². The Kier molecular flexibility index (Phi) is 6.42. The second kappa shape index (κ2) is 8.53. The van der Waals surface area contributed by atoms with E-state index in [9.17, 15) is 4.79 Å². The minimum Gasteiger partial charge on any atom is -0.497 e. The molecule has 0 fully saturated rings. The van der Waals surface area contributed by atoms with Crippen molar-refractivity contribution in [3.8, 4) is 5.75 Å². The van der Waals surface area contributed by atoms with Gasteiger partial charge in [0.05, 0.1) is 13.7 Å². The topological polar surface area (TPSA) is 48.0 Å². The van der Waals surface area contributed by atoms with Crippen molar-refractivity contribution in [1.29, 1.82) is 0 Å². The molecule has 0 bridgehead atoms. The number of hydrogen-bond acceptors (Lipinski definition) is 4. The number of methoxy groups -OCH3 is 1. The molecule has 0 aromatic heterocycles. The van der Waals surface area contributed by atoms with Crippen LogP contribution in [0.3, 0.4) is 0 Å². The zero-order valence-electron chi connectivity index (χ0n) is 15.2. The van der Waals surface area contributed by atoms with Gasteiger partial charge in [-0.2, -0.15) is 5.06 Å². The third kappa shape index (κ3) is 6.47. The van der Waals surface area contributed by atoms with Gasteiger partial charge in [-0.05, 0) is 44.0 Å². The monoisotopic (exact) mass is 343 g/mol. The summed E-state index contributed by atoms with van der Waals surface area (Å²) in [4.78, 5) is 18.2. The Hall–Kier alpha value is -2.53. The van der Waals surface area contributed by atoms with E-state index in [2.05, 4.69) is 0 Å². The first-order chi connectivity index (χ1) is 11.9. The summed E-state index contributed by atoms with van der Waals surface area (Å²) in [7, 11) is 1.62. The first-order valence-corrected chi connectivity index (χ1v) is 8.17. The lowest BCUT2D eigenvalue weighted by atomic mass is 10.2. The number of hydroxylamine groups is 2. The molecule has 2 aromatic carbocycles. The van der Waals surface area contributed by atoms with E-state index in [4.69, 9.17) is 14.3 Å². The molecule has 0 saturated heterocycles. The summed E-state index contributed by atoms with van der Waals surface area (Å²) in [6, 6.07) is 17.2. The fourth-order valence-electron chi connectivity index (χ4n) is 2.10. The van der Waals surface area contributed by atoms with E-state index in [1.807, 2.05) is 75.4 Å². The van der Waals surface area contributed by atoms with E-state index in [0.717, 1.165) is 16.9 Å². The van der Waals surface area contributed by atoms with Gasteiger partial charge in [0.25, 0.3) is 0 Å². The van der Waals surface area contributed by atoms with Gasteiger partial charge in [0.15, 0.2) is 0 Å². The highest BCUT2D eigenvalue weighted by molar-refractivity contribution is 5.66. The number of benzene rings is 2. The van der Waals surface area contributed by atoms with Gasteiger partial charge >= 0.3 is 6.09 Å². The number of rotatable bonds is 6. The van der Waals surface area contributed by atoms with Crippen LogP contribution in [0.25, 0.3) is 0 Å². The molecule has 0 aliphatic carbocycles. The summed E-state index contributed by atoms with van der Waals surface area (Å²) in [5, 5.41) is 1.25. The van der Waals surface area contributed by atoms with Crippen molar-refractivity contribution in [2.24, 2.45) is 0 Å². The molecule has 5 nitrogen and oxygen atoms in total. The summed E-state index contributed by atoms with van der Waals surface area (Å²) >= 11 is 0. The lowest BCUT2D eigenvalue weighted by Crippen LogP contribution is -2.36. The van der Waals surface area contributed by atoms with Gasteiger partial charge in [0.1, 0.15) is 18.0 Å². The van der Waals surface area contributed by atoms with Gasteiger partial charge in [0.2, 0.25) is 0 Å². The van der Waals surface area contributed by atoms with Crippen molar-refractivity contribution in [3.63, 3.8) is 0 Å². The quantitative estimate of drug-likeness (QED) is 0.721. The lowest BCUT2D eigenvalue weighted by molar-refractivity contribution is -0.162. The van der Waals surface area contributed by atoms with E-state index < -0.39 is 11.7 Å². The van der Waals surface area contributed by atoms with Crippen LogP contribution in [-0.2, 0) is 22.7 Å². The highest BCUT2D eigenvalue weighted by Crippen LogP contribution is 2.17. The fourth-order valence-corrected chi connectivity index (χ4v) is 2.10. The molecule has 0 heterocycles. The van der Waals surface area contributed by atoms with Crippen molar-refractivity contribution in [2.75, 3.05) is 7.11 Å². The summed E-state index contributed by atoms with van der Waals surface area (Å²) in [5.74, 6) is 0.762. The molecule has 2 aromatic rings. The SMILES string of the molecule is COc1ccc(CN(OCc2ccccc2)C(=O)OC(C)(C)C)cc1. The number of carbonyl (C=O) groups is 1. The number of ether oxygens (including phenoxy) is 2. The maximum atomic E-state index is 12.5. The number of amides is 1. The highest BCUT2D eigenvalue weighted by atomic mass is 16.7. The molecular formula is C20H25NO4. The van der Waals surface area contributed by atoms with Crippen molar-refractivity contribution in [2.45, 2.75) is 39.5 Å². The summed E-state index contributed by atoms with van der Waals surface area (Å²) < 4.78 is 10.6. The van der Waals surface area contributed by atoms with Gasteiger partial charge < -0.3 is 9.47 Å². The second-order valence-electron chi connectivity index (χ2n) is 6.62. The average molecular weight is 343 g/mol. The molecule has 5 heteroatoms. The summed E-state index contributed by atoms with van der Waals surface area (Å²) in [6.07, 6.45) is -0.515. The third-order valence-corrected chi connectivity index (χ3v) is 3.31. The standard InChI is InChI=1S/C20H25NO4/c1-20(2,3)25-19(22)21(24-15-17-8-6-5-7-9-17)14-16-10-12-18(23-4)13-11-16/h5-13H,14-15H2,1-4H3. The first kappa shape index (κ1) is 18.8. The molecule has 0 saturated carbocycles. The molecular weight excluding hydrogens is 318 g/mol. The van der Waals surface area contributed by atoms with Gasteiger partial charge in [-0.25, -0.2) is 4.79 Å². The van der Waals surface area contributed by atoms with Crippen LogP contribution >= 0.6 is 0 Å². The Bertz CT molecular complexity index is 662. The molecule has 134 valence electrons. The molecule has 2 rings (SSSR count). The molecule has 0 unspecified atom stereocenters. The highest BCUT2D eigenvalue weighted by Gasteiger charge is 2.23. The number of hydrogen-bond donors (Lipinski definition) is 0. The molecule has 0 aliphatic heterocycles. The van der Waals surface area contributed by atoms with Crippen molar-refractivity contribution in [1.82, 2.24) is 5.06 Å². The minimum absolute atomic E-state index is 0.283. The molecule has 1 amide bonds. The average Bonchev–Trinajstić information content (AvgIpc) is 2.58. The van der Waals surface area contributed by atoms with Gasteiger partial charge in [-0.15, -0.1) is 0 Å². The zero-order chi connectivity index (χ0) is 18.3. The molecule has 0 atom stereocenters. The molecule has 25 heavy (non-hydrogen) atoms. The van der Waals surface area contributed by atoms with Crippen LogP contribution in [0, 0.1) is 0 Å². The minimum atomic E-state index is -0.592. The Morgan fingerprint density at radius 1 is 0.960 bits per heavy atom. The van der Waals surface area contributed by atoms with Gasteiger partial charge in [0, 0.05) is 0 Å².